The van der Waals surface area contributed by atoms with Gasteiger partial charge in [0.2, 0.25) is 10.0 Å². The van der Waals surface area contributed by atoms with Gasteiger partial charge in [-0.05, 0) is 75.5 Å². The largest absolute Gasteiger partial charge is 0.418 e. The van der Waals surface area contributed by atoms with Crippen molar-refractivity contribution in [2.24, 2.45) is 5.92 Å². The third-order valence-electron chi connectivity index (χ3n) is 5.72. The molecule has 2 aromatic rings. The number of benzene rings is 2. The Kier molecular flexibility index (Phi) is 7.26. The van der Waals surface area contributed by atoms with E-state index in [0.29, 0.717) is 0 Å². The van der Waals surface area contributed by atoms with Crippen molar-refractivity contribution in [2.75, 3.05) is 18.4 Å². The Hall–Kier alpha value is -2.43. The van der Waals surface area contributed by atoms with Crippen LogP contribution in [-0.2, 0) is 16.2 Å². The molecule has 0 radical (unpaired) electrons. The van der Waals surface area contributed by atoms with Crippen LogP contribution < -0.4 is 15.4 Å². The van der Waals surface area contributed by atoms with Crippen LogP contribution in [0.1, 0.15) is 41.3 Å². The van der Waals surface area contributed by atoms with Crippen LogP contribution in [-0.4, -0.2) is 33.5 Å². The normalized spacial score (nSPS) is 16.5. The fourth-order valence-electron chi connectivity index (χ4n) is 3.93. The molecule has 0 bridgehead atoms. The SMILES string of the molecule is Cc1c(NC(=O)c2ccccc2)ccc(S(=O)(=O)N[C@H](C)C2CCNCC2)c1C(F)(F)F. The summed E-state index contributed by atoms with van der Waals surface area (Å²) in [4.78, 5) is 11.6. The molecule has 0 aromatic heterocycles. The summed E-state index contributed by atoms with van der Waals surface area (Å²) in [6.07, 6.45) is -3.46. The number of nitrogens with one attached hydrogen (secondary N) is 3. The second-order valence-corrected chi connectivity index (χ2v) is 9.61. The van der Waals surface area contributed by atoms with E-state index in [9.17, 15) is 26.4 Å². The van der Waals surface area contributed by atoms with Crippen LogP contribution in [0, 0.1) is 12.8 Å². The van der Waals surface area contributed by atoms with Crippen molar-refractivity contribution in [3.8, 4) is 0 Å². The highest BCUT2D eigenvalue weighted by Gasteiger charge is 2.40. The number of hydrogen-bond acceptors (Lipinski definition) is 4. The Morgan fingerprint density at radius 3 is 2.31 bits per heavy atom. The molecule has 1 aliphatic rings. The highest BCUT2D eigenvalue weighted by atomic mass is 32.2. The van der Waals surface area contributed by atoms with Crippen LogP contribution in [0.5, 0.6) is 0 Å². The van der Waals surface area contributed by atoms with Gasteiger partial charge in [-0.1, -0.05) is 18.2 Å². The van der Waals surface area contributed by atoms with Gasteiger partial charge in [-0.25, -0.2) is 13.1 Å². The molecule has 0 unspecified atom stereocenters. The molecule has 0 aliphatic carbocycles. The summed E-state index contributed by atoms with van der Waals surface area (Å²) in [5.41, 5.74) is -1.47. The van der Waals surface area contributed by atoms with Gasteiger partial charge in [0.15, 0.2) is 0 Å². The van der Waals surface area contributed by atoms with Crippen LogP contribution >= 0.6 is 0 Å². The summed E-state index contributed by atoms with van der Waals surface area (Å²) >= 11 is 0. The van der Waals surface area contributed by atoms with Crippen molar-refractivity contribution in [1.29, 1.82) is 0 Å². The van der Waals surface area contributed by atoms with E-state index in [4.69, 9.17) is 0 Å². The van der Waals surface area contributed by atoms with E-state index in [0.717, 1.165) is 38.9 Å². The Balaban J connectivity index is 1.94. The first-order valence-electron chi connectivity index (χ1n) is 10.3. The molecule has 1 atom stereocenters. The predicted octanol–water partition coefficient (Wildman–Crippen LogP) is 3.93. The highest BCUT2D eigenvalue weighted by Crippen LogP contribution is 2.39. The lowest BCUT2D eigenvalue weighted by Gasteiger charge is -2.29. The lowest BCUT2D eigenvalue weighted by molar-refractivity contribution is -0.140. The monoisotopic (exact) mass is 469 g/mol. The zero-order valence-corrected chi connectivity index (χ0v) is 18.6. The van der Waals surface area contributed by atoms with Crippen molar-refractivity contribution < 1.29 is 26.4 Å². The van der Waals surface area contributed by atoms with Gasteiger partial charge in [-0.3, -0.25) is 4.79 Å². The predicted molar refractivity (Wildman–Crippen MR) is 116 cm³/mol. The average molecular weight is 470 g/mol. The number of anilines is 1. The van der Waals surface area contributed by atoms with Gasteiger partial charge in [-0.2, -0.15) is 13.2 Å². The molecule has 3 rings (SSSR count). The third kappa shape index (κ3) is 5.48. The Labute approximate surface area is 185 Å². The van der Waals surface area contributed by atoms with Gasteiger partial charge in [0.25, 0.3) is 5.91 Å². The molecular weight excluding hydrogens is 443 g/mol. The first-order chi connectivity index (χ1) is 15.0. The van der Waals surface area contributed by atoms with Crippen molar-refractivity contribution in [1.82, 2.24) is 10.0 Å². The number of carbonyl (C=O) groups excluding carboxylic acids is 1. The van der Waals surface area contributed by atoms with Gasteiger partial charge in [-0.15, -0.1) is 0 Å². The molecule has 1 amide bonds. The number of alkyl halides is 3. The van der Waals surface area contributed by atoms with Crippen molar-refractivity contribution in [3.05, 3.63) is 59.2 Å². The number of carbonyl (C=O) groups is 1. The van der Waals surface area contributed by atoms with Gasteiger partial charge in [0, 0.05) is 17.3 Å². The molecular formula is C22H26F3N3O3S. The summed E-state index contributed by atoms with van der Waals surface area (Å²) < 4.78 is 70.2. The Morgan fingerprint density at radius 2 is 1.72 bits per heavy atom. The molecule has 2 aromatic carbocycles. The van der Waals surface area contributed by atoms with E-state index in [1.807, 2.05) is 0 Å². The molecule has 10 heteroatoms. The maximum absolute atomic E-state index is 14.0. The minimum atomic E-state index is -4.93. The molecule has 3 N–H and O–H groups in total. The maximum Gasteiger partial charge on any atom is 0.418 e. The molecule has 6 nitrogen and oxygen atoms in total. The van der Waals surface area contributed by atoms with E-state index in [-0.39, 0.29) is 22.7 Å². The summed E-state index contributed by atoms with van der Waals surface area (Å²) in [5, 5.41) is 5.62. The summed E-state index contributed by atoms with van der Waals surface area (Å²) in [6, 6.07) is 9.60. The number of amides is 1. The fourth-order valence-corrected chi connectivity index (χ4v) is 5.52. The lowest BCUT2D eigenvalue weighted by Crippen LogP contribution is -2.43. The summed E-state index contributed by atoms with van der Waals surface area (Å²) in [7, 11) is -4.45. The van der Waals surface area contributed by atoms with E-state index < -0.39 is 38.6 Å². The second-order valence-electron chi connectivity index (χ2n) is 7.93. The van der Waals surface area contributed by atoms with E-state index in [1.165, 1.54) is 18.2 Å². The zero-order chi connectivity index (χ0) is 23.5. The van der Waals surface area contributed by atoms with Crippen molar-refractivity contribution in [3.63, 3.8) is 0 Å². The number of piperidine rings is 1. The molecule has 1 fully saturated rings. The van der Waals surface area contributed by atoms with Crippen LogP contribution in [0.2, 0.25) is 0 Å². The van der Waals surface area contributed by atoms with Crippen molar-refractivity contribution in [2.45, 2.75) is 43.8 Å². The second kappa shape index (κ2) is 9.60. The topological polar surface area (TPSA) is 87.3 Å². The standard InChI is InChI=1S/C22H26F3N3O3S/c1-14-18(27-21(29)17-6-4-3-5-7-17)8-9-19(20(14)22(23,24)25)32(30,31)28-15(2)16-10-12-26-13-11-16/h3-9,15-16,26,28H,10-13H2,1-2H3,(H,27,29)/t15-/m1/s1. The molecule has 174 valence electrons. The molecule has 32 heavy (non-hydrogen) atoms. The maximum atomic E-state index is 14.0. The smallest absolute Gasteiger partial charge is 0.322 e. The van der Waals surface area contributed by atoms with Gasteiger partial charge in [0.1, 0.15) is 0 Å². The molecule has 0 saturated carbocycles. The van der Waals surface area contributed by atoms with Crippen molar-refractivity contribution >= 4 is 21.6 Å². The van der Waals surface area contributed by atoms with Crippen LogP contribution in [0.25, 0.3) is 0 Å². The third-order valence-corrected chi connectivity index (χ3v) is 7.32. The van der Waals surface area contributed by atoms with Crippen LogP contribution in [0.15, 0.2) is 47.4 Å². The number of hydrogen-bond donors (Lipinski definition) is 3. The molecule has 1 aliphatic heterocycles. The lowest BCUT2D eigenvalue weighted by atomic mass is 9.92. The zero-order valence-electron chi connectivity index (χ0n) is 17.8. The average Bonchev–Trinajstić information content (AvgIpc) is 2.75. The minimum Gasteiger partial charge on any atom is -0.322 e. The number of sulfonamides is 1. The number of halogens is 3. The van der Waals surface area contributed by atoms with Gasteiger partial charge < -0.3 is 10.6 Å². The highest BCUT2D eigenvalue weighted by molar-refractivity contribution is 7.89. The van der Waals surface area contributed by atoms with Gasteiger partial charge in [0.05, 0.1) is 10.5 Å². The quantitative estimate of drug-likeness (QED) is 0.598. The Bertz CT molecular complexity index is 1070. The van der Waals surface area contributed by atoms with Crippen LogP contribution in [0.3, 0.4) is 0 Å². The van der Waals surface area contributed by atoms with E-state index in [2.05, 4.69) is 15.4 Å². The Morgan fingerprint density at radius 1 is 1.09 bits per heavy atom. The summed E-state index contributed by atoms with van der Waals surface area (Å²) in [5.74, 6) is -0.555. The first-order valence-corrected chi connectivity index (χ1v) is 11.8. The van der Waals surface area contributed by atoms with E-state index in [1.54, 1.807) is 25.1 Å². The van der Waals surface area contributed by atoms with Crippen LogP contribution in [0.4, 0.5) is 18.9 Å². The van der Waals surface area contributed by atoms with E-state index >= 15 is 0 Å². The molecule has 1 saturated heterocycles. The first kappa shape index (κ1) is 24.2. The fraction of sp³-hybridized carbons (Fsp3) is 0.409. The molecule has 0 spiro atoms. The minimum absolute atomic E-state index is 0.0332. The van der Waals surface area contributed by atoms with Gasteiger partial charge >= 0.3 is 6.18 Å². The summed E-state index contributed by atoms with van der Waals surface area (Å²) in [6.45, 7) is 4.29. The number of rotatable bonds is 6. The molecule has 1 heterocycles.